The molecule has 0 saturated carbocycles. The van der Waals surface area contributed by atoms with Crippen LogP contribution in [0.2, 0.25) is 0 Å². The summed E-state index contributed by atoms with van der Waals surface area (Å²) in [5.74, 6) is -0.547. The first-order valence-corrected chi connectivity index (χ1v) is 7.00. The van der Waals surface area contributed by atoms with E-state index >= 15 is 0 Å². The minimum absolute atomic E-state index is 0.100. The Morgan fingerprint density at radius 3 is 2.70 bits per heavy atom. The number of hydrogen-bond acceptors (Lipinski definition) is 4. The number of amides is 1. The zero-order valence-electron chi connectivity index (χ0n) is 11.2. The lowest BCUT2D eigenvalue weighted by molar-refractivity contribution is 0.0677. The molecule has 1 unspecified atom stereocenters. The van der Waals surface area contributed by atoms with Gasteiger partial charge in [0.05, 0.1) is 12.6 Å². The summed E-state index contributed by atoms with van der Waals surface area (Å²) in [7, 11) is 1.63. The minimum Gasteiger partial charge on any atom is -0.394 e. The fourth-order valence-electron chi connectivity index (χ4n) is 1.60. The van der Waals surface area contributed by atoms with Gasteiger partial charge in [0.2, 0.25) is 0 Å². The average Bonchev–Trinajstić information content (AvgIpc) is 2.95. The first-order chi connectivity index (χ1) is 9.52. The molecule has 1 aromatic heterocycles. The van der Waals surface area contributed by atoms with Crippen molar-refractivity contribution < 1.29 is 14.3 Å². The Balaban J connectivity index is 2.20. The van der Waals surface area contributed by atoms with E-state index in [0.29, 0.717) is 10.7 Å². The molecule has 106 valence electrons. The smallest absolute Gasteiger partial charge is 0.273 e. The highest BCUT2D eigenvalue weighted by Crippen LogP contribution is 2.24. The van der Waals surface area contributed by atoms with Crippen molar-refractivity contribution in [1.29, 1.82) is 0 Å². The molecule has 0 bridgehead atoms. The Morgan fingerprint density at radius 1 is 1.45 bits per heavy atom. The molecule has 0 aliphatic rings. The maximum Gasteiger partial charge on any atom is 0.273 e. The van der Waals surface area contributed by atoms with Crippen LogP contribution < -0.4 is 0 Å². The summed E-state index contributed by atoms with van der Waals surface area (Å²) in [6.07, 6.45) is 0. The molecule has 0 radical (unpaired) electrons. The van der Waals surface area contributed by atoms with Gasteiger partial charge in [-0.3, -0.25) is 4.79 Å². The Morgan fingerprint density at radius 2 is 2.10 bits per heavy atom. The van der Waals surface area contributed by atoms with Crippen LogP contribution in [0.4, 0.5) is 4.39 Å². The monoisotopic (exact) mass is 294 g/mol. The number of aliphatic hydroxyl groups excluding tert-OH is 1. The second kappa shape index (κ2) is 6.11. The largest absolute Gasteiger partial charge is 0.394 e. The van der Waals surface area contributed by atoms with Gasteiger partial charge in [0.25, 0.3) is 5.91 Å². The second-order valence-corrected chi connectivity index (χ2v) is 5.35. The maximum atomic E-state index is 12.9. The number of benzene rings is 1. The lowest BCUT2D eigenvalue weighted by Gasteiger charge is -2.21. The van der Waals surface area contributed by atoms with E-state index in [1.165, 1.54) is 28.4 Å². The Labute approximate surface area is 120 Å². The van der Waals surface area contributed by atoms with Crippen LogP contribution in [0.5, 0.6) is 0 Å². The van der Waals surface area contributed by atoms with Gasteiger partial charge in [-0.15, -0.1) is 11.3 Å². The molecule has 0 saturated heterocycles. The number of thiazole rings is 1. The van der Waals surface area contributed by atoms with Crippen LogP contribution in [0.1, 0.15) is 17.4 Å². The second-order valence-electron chi connectivity index (χ2n) is 4.49. The predicted molar refractivity (Wildman–Crippen MR) is 76.1 cm³/mol. The van der Waals surface area contributed by atoms with Crippen LogP contribution in [0, 0.1) is 5.82 Å². The van der Waals surface area contributed by atoms with Crippen molar-refractivity contribution in [2.24, 2.45) is 0 Å². The molecule has 1 amide bonds. The lowest BCUT2D eigenvalue weighted by Crippen LogP contribution is -2.37. The van der Waals surface area contributed by atoms with Crippen molar-refractivity contribution in [2.75, 3.05) is 13.7 Å². The minimum atomic E-state index is -0.307. The molecule has 1 aromatic carbocycles. The first kappa shape index (κ1) is 14.6. The zero-order chi connectivity index (χ0) is 14.7. The van der Waals surface area contributed by atoms with Gasteiger partial charge in [0.15, 0.2) is 0 Å². The fourth-order valence-corrected chi connectivity index (χ4v) is 2.40. The summed E-state index contributed by atoms with van der Waals surface area (Å²) in [5, 5.41) is 11.4. The molecule has 0 aliphatic carbocycles. The number of likely N-dealkylation sites (N-methyl/N-ethyl adjacent to an activating group) is 1. The van der Waals surface area contributed by atoms with Crippen LogP contribution in [0.25, 0.3) is 10.6 Å². The highest BCUT2D eigenvalue weighted by Gasteiger charge is 2.19. The van der Waals surface area contributed by atoms with E-state index in [0.717, 1.165) is 5.56 Å². The van der Waals surface area contributed by atoms with E-state index < -0.39 is 0 Å². The molecule has 0 aliphatic heterocycles. The van der Waals surface area contributed by atoms with Gasteiger partial charge in [0, 0.05) is 18.0 Å². The maximum absolute atomic E-state index is 12.9. The van der Waals surface area contributed by atoms with Crippen molar-refractivity contribution >= 4 is 17.2 Å². The summed E-state index contributed by atoms with van der Waals surface area (Å²) < 4.78 is 12.9. The van der Waals surface area contributed by atoms with Crippen molar-refractivity contribution in [3.05, 3.63) is 41.2 Å². The Hall–Kier alpha value is -1.79. The van der Waals surface area contributed by atoms with Crippen molar-refractivity contribution in [3.8, 4) is 10.6 Å². The molecule has 2 aromatic rings. The van der Waals surface area contributed by atoms with Crippen LogP contribution in [0.3, 0.4) is 0 Å². The van der Waals surface area contributed by atoms with Gasteiger partial charge in [-0.1, -0.05) is 0 Å². The standard InChI is InChI=1S/C14H15FN2O2S/c1-9(7-18)17(2)14(19)12-8-20-13(16-12)10-3-5-11(15)6-4-10/h3-6,8-9,18H,7H2,1-2H3. The lowest BCUT2D eigenvalue weighted by atomic mass is 10.2. The van der Waals surface area contributed by atoms with Crippen LogP contribution in [-0.2, 0) is 0 Å². The molecule has 20 heavy (non-hydrogen) atoms. The molecule has 0 spiro atoms. The van der Waals surface area contributed by atoms with E-state index in [1.54, 1.807) is 31.5 Å². The van der Waals surface area contributed by atoms with Gasteiger partial charge in [-0.2, -0.15) is 0 Å². The fraction of sp³-hybridized carbons (Fsp3) is 0.286. The van der Waals surface area contributed by atoms with E-state index in [-0.39, 0.29) is 24.4 Å². The third-order valence-corrected chi connectivity index (χ3v) is 3.95. The summed E-state index contributed by atoms with van der Waals surface area (Å²) >= 11 is 1.33. The zero-order valence-corrected chi connectivity index (χ0v) is 12.0. The molecule has 1 N–H and O–H groups in total. The molecular formula is C14H15FN2O2S. The third-order valence-electron chi connectivity index (χ3n) is 3.06. The number of halogens is 1. The molecule has 1 heterocycles. The highest BCUT2D eigenvalue weighted by molar-refractivity contribution is 7.13. The molecule has 4 nitrogen and oxygen atoms in total. The molecular weight excluding hydrogens is 279 g/mol. The van der Waals surface area contributed by atoms with Gasteiger partial charge in [-0.05, 0) is 31.2 Å². The summed E-state index contributed by atoms with van der Waals surface area (Å²) in [6.45, 7) is 1.66. The highest BCUT2D eigenvalue weighted by atomic mass is 32.1. The average molecular weight is 294 g/mol. The van der Waals surface area contributed by atoms with Crippen LogP contribution >= 0.6 is 11.3 Å². The summed E-state index contributed by atoms with van der Waals surface area (Å²) in [6, 6.07) is 5.71. The number of rotatable bonds is 4. The number of carbonyl (C=O) groups excluding carboxylic acids is 1. The Kier molecular flexibility index (Phi) is 4.46. The Bertz CT molecular complexity index is 597. The van der Waals surface area contributed by atoms with Crippen molar-refractivity contribution in [2.45, 2.75) is 13.0 Å². The van der Waals surface area contributed by atoms with Gasteiger partial charge in [0.1, 0.15) is 16.5 Å². The molecule has 6 heteroatoms. The van der Waals surface area contributed by atoms with Crippen LogP contribution in [0.15, 0.2) is 29.6 Å². The number of aromatic nitrogens is 1. The third kappa shape index (κ3) is 3.02. The van der Waals surface area contributed by atoms with E-state index in [1.807, 2.05) is 0 Å². The van der Waals surface area contributed by atoms with E-state index in [2.05, 4.69) is 4.98 Å². The predicted octanol–water partition coefficient (Wildman–Crippen LogP) is 2.40. The van der Waals surface area contributed by atoms with Crippen molar-refractivity contribution in [3.63, 3.8) is 0 Å². The van der Waals surface area contributed by atoms with Gasteiger partial charge >= 0.3 is 0 Å². The summed E-state index contributed by atoms with van der Waals surface area (Å²) in [4.78, 5) is 17.9. The van der Waals surface area contributed by atoms with Crippen molar-refractivity contribution in [1.82, 2.24) is 9.88 Å². The first-order valence-electron chi connectivity index (χ1n) is 6.12. The number of carbonyl (C=O) groups is 1. The summed E-state index contributed by atoms with van der Waals surface area (Å²) in [5.41, 5.74) is 1.10. The number of nitrogens with zero attached hydrogens (tertiary/aromatic N) is 2. The van der Waals surface area contributed by atoms with E-state index in [4.69, 9.17) is 5.11 Å². The normalized spacial score (nSPS) is 12.2. The molecule has 1 atom stereocenters. The van der Waals surface area contributed by atoms with Crippen LogP contribution in [-0.4, -0.2) is 40.6 Å². The SMILES string of the molecule is CC(CO)N(C)C(=O)c1csc(-c2ccc(F)cc2)n1. The molecule has 0 fully saturated rings. The van der Waals surface area contributed by atoms with Gasteiger partial charge in [-0.25, -0.2) is 9.37 Å². The topological polar surface area (TPSA) is 53.4 Å². The number of aliphatic hydroxyl groups is 1. The van der Waals surface area contributed by atoms with E-state index in [9.17, 15) is 9.18 Å². The number of hydrogen-bond donors (Lipinski definition) is 1. The molecule has 2 rings (SSSR count). The quantitative estimate of drug-likeness (QED) is 0.942. The van der Waals surface area contributed by atoms with Gasteiger partial charge < -0.3 is 10.0 Å².